The minimum atomic E-state index is -0.847. The number of amides is 2. The quantitative estimate of drug-likeness (QED) is 0.898. The van der Waals surface area contributed by atoms with Gasteiger partial charge < -0.3 is 10.2 Å². The summed E-state index contributed by atoms with van der Waals surface area (Å²) in [5, 5.41) is 2.78. The summed E-state index contributed by atoms with van der Waals surface area (Å²) in [5.74, 6) is -0.143. The second-order valence-corrected chi connectivity index (χ2v) is 6.04. The van der Waals surface area contributed by atoms with E-state index in [1.54, 1.807) is 25.7 Å². The fraction of sp³-hybridized carbons (Fsp3) is 0.500. The van der Waals surface area contributed by atoms with Crippen LogP contribution in [0.4, 0.5) is 0 Å². The lowest BCUT2D eigenvalue weighted by atomic mass is 9.92. The number of carbonyl (C=O) groups is 2. The third-order valence-electron chi connectivity index (χ3n) is 4.06. The van der Waals surface area contributed by atoms with Crippen molar-refractivity contribution in [2.75, 3.05) is 0 Å². The Bertz CT molecular complexity index is 551. The molecule has 1 heterocycles. The van der Waals surface area contributed by atoms with Gasteiger partial charge in [0.05, 0.1) is 6.04 Å². The highest BCUT2D eigenvalue weighted by Gasteiger charge is 2.45. The van der Waals surface area contributed by atoms with Crippen LogP contribution in [-0.2, 0) is 9.59 Å². The molecule has 0 spiro atoms. The molecule has 2 unspecified atom stereocenters. The van der Waals surface area contributed by atoms with Crippen LogP contribution in [0.5, 0.6) is 0 Å². The summed E-state index contributed by atoms with van der Waals surface area (Å²) >= 11 is 0. The second-order valence-electron chi connectivity index (χ2n) is 6.04. The molecule has 1 aromatic rings. The van der Waals surface area contributed by atoms with Crippen LogP contribution in [0.15, 0.2) is 24.3 Å². The summed E-state index contributed by atoms with van der Waals surface area (Å²) in [6.45, 7) is 9.27. The number of aryl methyl sites for hydroxylation is 1. The number of carbonyl (C=O) groups excluding carboxylic acids is 2. The maximum absolute atomic E-state index is 12.6. The zero-order chi connectivity index (χ0) is 15.1. The Kier molecular flexibility index (Phi) is 3.59. The van der Waals surface area contributed by atoms with Crippen molar-refractivity contribution in [3.05, 3.63) is 35.4 Å². The molecule has 0 radical (unpaired) electrons. The molecule has 0 aromatic heterocycles. The number of hydrogen-bond donors (Lipinski definition) is 1. The molecule has 2 amide bonds. The van der Waals surface area contributed by atoms with Crippen molar-refractivity contribution < 1.29 is 9.59 Å². The predicted molar refractivity (Wildman–Crippen MR) is 78.1 cm³/mol. The number of rotatable bonds is 2. The molecule has 1 aliphatic heterocycles. The molecule has 4 nitrogen and oxygen atoms in total. The number of benzene rings is 1. The van der Waals surface area contributed by atoms with Crippen molar-refractivity contribution in [1.29, 1.82) is 0 Å². The Morgan fingerprint density at radius 3 is 2.45 bits per heavy atom. The van der Waals surface area contributed by atoms with E-state index in [2.05, 4.69) is 5.32 Å². The van der Waals surface area contributed by atoms with E-state index in [4.69, 9.17) is 0 Å². The fourth-order valence-electron chi connectivity index (χ4n) is 2.81. The van der Waals surface area contributed by atoms with Crippen molar-refractivity contribution in [3.8, 4) is 0 Å². The maximum Gasteiger partial charge on any atom is 0.248 e. The molecule has 0 saturated carbocycles. The van der Waals surface area contributed by atoms with Crippen LogP contribution >= 0.6 is 0 Å². The van der Waals surface area contributed by atoms with Crippen molar-refractivity contribution in [1.82, 2.24) is 10.2 Å². The zero-order valence-corrected chi connectivity index (χ0v) is 12.7. The van der Waals surface area contributed by atoms with E-state index >= 15 is 0 Å². The van der Waals surface area contributed by atoms with Gasteiger partial charge in [0.15, 0.2) is 0 Å². The smallest absolute Gasteiger partial charge is 0.248 e. The first-order chi connectivity index (χ1) is 9.25. The van der Waals surface area contributed by atoms with Crippen LogP contribution in [0, 0.1) is 6.92 Å². The van der Waals surface area contributed by atoms with E-state index in [0.717, 1.165) is 11.1 Å². The monoisotopic (exact) mass is 274 g/mol. The Balaban J connectivity index is 2.41. The molecule has 1 fully saturated rings. The minimum Gasteiger partial charge on any atom is -0.340 e. The first kappa shape index (κ1) is 14.6. The summed E-state index contributed by atoms with van der Waals surface area (Å²) in [5.41, 5.74) is 1.36. The summed E-state index contributed by atoms with van der Waals surface area (Å²) in [6, 6.07) is 7.40. The van der Waals surface area contributed by atoms with E-state index in [1.807, 2.05) is 38.1 Å². The van der Waals surface area contributed by atoms with E-state index in [0.29, 0.717) is 0 Å². The number of nitrogens with one attached hydrogen (secondary N) is 1. The number of piperazine rings is 1. The SMILES string of the molecule is Cc1ccccc1C(C)N1C(=O)C(C)(C)NC(=O)C1C. The van der Waals surface area contributed by atoms with Crippen LogP contribution in [-0.4, -0.2) is 28.3 Å². The van der Waals surface area contributed by atoms with Gasteiger partial charge in [0.25, 0.3) is 0 Å². The molecular formula is C16H22N2O2. The predicted octanol–water partition coefficient (Wildman–Crippen LogP) is 2.18. The number of nitrogens with zero attached hydrogens (tertiary/aromatic N) is 1. The molecule has 4 heteroatoms. The Morgan fingerprint density at radius 2 is 1.85 bits per heavy atom. The lowest BCUT2D eigenvalue weighted by molar-refractivity contribution is -0.155. The van der Waals surface area contributed by atoms with Gasteiger partial charge in [-0.2, -0.15) is 0 Å². The highest BCUT2D eigenvalue weighted by Crippen LogP contribution is 2.30. The molecular weight excluding hydrogens is 252 g/mol. The second kappa shape index (κ2) is 4.93. The first-order valence-corrected chi connectivity index (χ1v) is 6.96. The zero-order valence-electron chi connectivity index (χ0n) is 12.7. The van der Waals surface area contributed by atoms with Crippen LogP contribution in [0.25, 0.3) is 0 Å². The first-order valence-electron chi connectivity index (χ1n) is 6.96. The molecule has 1 N–H and O–H groups in total. The van der Waals surface area contributed by atoms with E-state index in [1.165, 1.54) is 0 Å². The summed E-state index contributed by atoms with van der Waals surface area (Å²) in [4.78, 5) is 26.4. The molecule has 20 heavy (non-hydrogen) atoms. The van der Waals surface area contributed by atoms with Crippen molar-refractivity contribution in [3.63, 3.8) is 0 Å². The van der Waals surface area contributed by atoms with Gasteiger partial charge in [-0.1, -0.05) is 24.3 Å². The molecule has 1 aliphatic rings. The largest absolute Gasteiger partial charge is 0.340 e. The summed E-state index contributed by atoms with van der Waals surface area (Å²) < 4.78 is 0. The van der Waals surface area contributed by atoms with Crippen LogP contribution in [0.2, 0.25) is 0 Å². The average molecular weight is 274 g/mol. The van der Waals surface area contributed by atoms with Gasteiger partial charge in [0.1, 0.15) is 11.6 Å². The van der Waals surface area contributed by atoms with Gasteiger partial charge in [-0.15, -0.1) is 0 Å². The number of hydrogen-bond acceptors (Lipinski definition) is 2. The van der Waals surface area contributed by atoms with Gasteiger partial charge in [-0.25, -0.2) is 0 Å². The molecule has 1 aromatic carbocycles. The molecule has 2 rings (SSSR count). The van der Waals surface area contributed by atoms with Crippen LogP contribution in [0.1, 0.15) is 44.9 Å². The molecule has 2 atom stereocenters. The van der Waals surface area contributed by atoms with Crippen LogP contribution < -0.4 is 5.32 Å². The minimum absolute atomic E-state index is 0.0413. The summed E-state index contributed by atoms with van der Waals surface area (Å²) in [7, 11) is 0. The van der Waals surface area contributed by atoms with Gasteiger partial charge in [-0.05, 0) is 45.7 Å². The average Bonchev–Trinajstić information content (AvgIpc) is 2.37. The molecule has 1 saturated heterocycles. The summed E-state index contributed by atoms with van der Waals surface area (Å²) in [6.07, 6.45) is 0. The molecule has 0 bridgehead atoms. The van der Waals surface area contributed by atoms with E-state index in [-0.39, 0.29) is 17.9 Å². The Labute approximate surface area is 120 Å². The van der Waals surface area contributed by atoms with Gasteiger partial charge in [-0.3, -0.25) is 9.59 Å². The van der Waals surface area contributed by atoms with E-state index < -0.39 is 11.6 Å². The Morgan fingerprint density at radius 1 is 1.25 bits per heavy atom. The van der Waals surface area contributed by atoms with Gasteiger partial charge >= 0.3 is 0 Å². The topological polar surface area (TPSA) is 49.4 Å². The standard InChI is InChI=1S/C16H22N2O2/c1-10-8-6-7-9-13(10)11(2)18-12(3)14(19)17-16(4,5)15(18)20/h6-9,11-12H,1-5H3,(H,17,19). The fourth-order valence-corrected chi connectivity index (χ4v) is 2.81. The van der Waals surface area contributed by atoms with Crippen LogP contribution in [0.3, 0.4) is 0 Å². The Hall–Kier alpha value is -1.84. The third kappa shape index (κ3) is 2.30. The molecule has 108 valence electrons. The van der Waals surface area contributed by atoms with Gasteiger partial charge in [0, 0.05) is 0 Å². The highest BCUT2D eigenvalue weighted by atomic mass is 16.2. The lowest BCUT2D eigenvalue weighted by Gasteiger charge is -2.44. The third-order valence-corrected chi connectivity index (χ3v) is 4.06. The van der Waals surface area contributed by atoms with Crippen molar-refractivity contribution in [2.45, 2.75) is 52.2 Å². The molecule has 0 aliphatic carbocycles. The highest BCUT2D eigenvalue weighted by molar-refractivity contribution is 5.99. The maximum atomic E-state index is 12.6. The van der Waals surface area contributed by atoms with E-state index in [9.17, 15) is 9.59 Å². The lowest BCUT2D eigenvalue weighted by Crippen LogP contribution is -2.67. The van der Waals surface area contributed by atoms with Crippen molar-refractivity contribution in [2.24, 2.45) is 0 Å². The van der Waals surface area contributed by atoms with Crippen molar-refractivity contribution >= 4 is 11.8 Å². The van der Waals surface area contributed by atoms with Gasteiger partial charge in [0.2, 0.25) is 11.8 Å². The normalized spacial score (nSPS) is 23.4.